The summed E-state index contributed by atoms with van der Waals surface area (Å²) < 4.78 is 5.51. The number of methoxy groups -OCH3 is 1. The number of hydrogen-bond donors (Lipinski definition) is 0. The first-order valence-electron chi connectivity index (χ1n) is 2.63. The van der Waals surface area contributed by atoms with Crippen LogP contribution in [0.15, 0.2) is 10.7 Å². The minimum Gasteiger partial charge on any atom is -0.480 e. The lowest BCUT2D eigenvalue weighted by Crippen LogP contribution is -1.93. The number of halogens is 1. The third kappa shape index (κ3) is 1.44. The molecule has 0 fully saturated rings. The highest BCUT2D eigenvalue weighted by molar-refractivity contribution is 9.10. The van der Waals surface area contributed by atoms with E-state index in [4.69, 9.17) is 4.74 Å². The van der Waals surface area contributed by atoms with Crippen LogP contribution in [0.3, 0.4) is 0 Å². The van der Waals surface area contributed by atoms with Crippen molar-refractivity contribution in [2.24, 2.45) is 0 Å². The van der Waals surface area contributed by atoms with Gasteiger partial charge in [-0.25, -0.2) is 0 Å². The molecule has 0 saturated heterocycles. The molecule has 1 radical (unpaired) electrons. The zero-order chi connectivity index (χ0) is 7.56. The topological polar surface area (TPSA) is 35.0 Å². The molecule has 4 heteroatoms. The zero-order valence-corrected chi connectivity index (χ0v) is 7.05. The molecule has 0 bridgehead atoms. The Bertz CT molecular complexity index is 239. The third-order valence-electron chi connectivity index (χ3n) is 0.998. The van der Waals surface area contributed by atoms with Gasteiger partial charge < -0.3 is 4.74 Å². The van der Waals surface area contributed by atoms with Gasteiger partial charge in [-0.05, 0) is 28.9 Å². The largest absolute Gasteiger partial charge is 0.480 e. The SMILES string of the molecule is [CH2]c1cc(Br)nnc1OC. The maximum Gasteiger partial charge on any atom is 0.236 e. The van der Waals surface area contributed by atoms with Crippen LogP contribution in [-0.4, -0.2) is 17.3 Å². The van der Waals surface area contributed by atoms with Gasteiger partial charge in [0.1, 0.15) is 4.60 Å². The Labute approximate surface area is 67.6 Å². The lowest BCUT2D eigenvalue weighted by Gasteiger charge is -1.99. The van der Waals surface area contributed by atoms with Crippen molar-refractivity contribution < 1.29 is 4.74 Å². The Hall–Kier alpha value is -0.640. The molecule has 0 aliphatic carbocycles. The molecule has 0 aliphatic heterocycles. The predicted molar refractivity (Wildman–Crippen MR) is 40.7 cm³/mol. The molecule has 0 atom stereocenters. The standard InChI is InChI=1S/C6H6BrN2O/c1-4-3-5(7)8-9-6(4)10-2/h3H,1H2,2H3. The first-order chi connectivity index (χ1) is 4.74. The van der Waals surface area contributed by atoms with Crippen molar-refractivity contribution in [1.82, 2.24) is 10.2 Å². The Morgan fingerprint density at radius 2 is 2.30 bits per heavy atom. The van der Waals surface area contributed by atoms with E-state index >= 15 is 0 Å². The Balaban J connectivity index is 3.07. The summed E-state index contributed by atoms with van der Waals surface area (Å²) >= 11 is 3.16. The van der Waals surface area contributed by atoms with Crippen molar-refractivity contribution in [3.63, 3.8) is 0 Å². The maximum absolute atomic E-state index is 4.84. The molecule has 0 spiro atoms. The average molecular weight is 202 g/mol. The lowest BCUT2D eigenvalue weighted by molar-refractivity contribution is 0.389. The zero-order valence-electron chi connectivity index (χ0n) is 5.47. The monoisotopic (exact) mass is 201 g/mol. The Morgan fingerprint density at radius 3 is 2.80 bits per heavy atom. The molecule has 0 N–H and O–H groups in total. The molecule has 0 saturated carbocycles. The number of nitrogens with zero attached hydrogens (tertiary/aromatic N) is 2. The molecule has 1 aromatic rings. The summed E-state index contributed by atoms with van der Waals surface area (Å²) in [4.78, 5) is 0. The summed E-state index contributed by atoms with van der Waals surface area (Å²) in [6.45, 7) is 3.69. The summed E-state index contributed by atoms with van der Waals surface area (Å²) in [6.07, 6.45) is 0. The Morgan fingerprint density at radius 1 is 1.60 bits per heavy atom. The highest BCUT2D eigenvalue weighted by Crippen LogP contribution is 2.14. The second kappa shape index (κ2) is 2.96. The van der Waals surface area contributed by atoms with Crippen molar-refractivity contribution >= 4 is 15.9 Å². The van der Waals surface area contributed by atoms with Crippen molar-refractivity contribution in [2.75, 3.05) is 7.11 Å². The number of rotatable bonds is 1. The van der Waals surface area contributed by atoms with Crippen LogP contribution in [0.1, 0.15) is 5.56 Å². The van der Waals surface area contributed by atoms with Crippen LogP contribution >= 0.6 is 15.9 Å². The summed E-state index contributed by atoms with van der Waals surface area (Å²) in [5, 5.41) is 7.43. The summed E-state index contributed by atoms with van der Waals surface area (Å²) in [7, 11) is 1.53. The van der Waals surface area contributed by atoms with E-state index in [-0.39, 0.29) is 0 Å². The molecule has 1 rings (SSSR count). The lowest BCUT2D eigenvalue weighted by atomic mass is 10.3. The fourth-order valence-electron chi connectivity index (χ4n) is 0.564. The molecule has 0 amide bonds. The van der Waals surface area contributed by atoms with E-state index in [2.05, 4.69) is 33.1 Å². The van der Waals surface area contributed by atoms with E-state index in [1.807, 2.05) is 0 Å². The van der Waals surface area contributed by atoms with Gasteiger partial charge in [0, 0.05) is 5.56 Å². The molecule has 3 nitrogen and oxygen atoms in total. The van der Waals surface area contributed by atoms with Crippen LogP contribution < -0.4 is 4.74 Å². The van der Waals surface area contributed by atoms with Crippen molar-refractivity contribution in [3.05, 3.63) is 23.2 Å². The summed E-state index contributed by atoms with van der Waals surface area (Å²) in [5.74, 6) is 0.461. The van der Waals surface area contributed by atoms with Crippen LogP contribution in [0.2, 0.25) is 0 Å². The molecular weight excluding hydrogens is 196 g/mol. The van der Waals surface area contributed by atoms with Gasteiger partial charge >= 0.3 is 0 Å². The van der Waals surface area contributed by atoms with E-state index in [0.29, 0.717) is 10.5 Å². The molecule has 10 heavy (non-hydrogen) atoms. The predicted octanol–water partition coefficient (Wildman–Crippen LogP) is 1.43. The molecule has 0 aromatic carbocycles. The van der Waals surface area contributed by atoms with E-state index < -0.39 is 0 Å². The van der Waals surface area contributed by atoms with E-state index in [1.54, 1.807) is 6.07 Å². The van der Waals surface area contributed by atoms with Crippen molar-refractivity contribution in [2.45, 2.75) is 0 Å². The maximum atomic E-state index is 4.84. The summed E-state index contributed by atoms with van der Waals surface area (Å²) in [6, 6.07) is 1.74. The molecule has 0 unspecified atom stereocenters. The third-order valence-corrected chi connectivity index (χ3v) is 1.39. The molecular formula is C6H6BrN2O. The number of hydrogen-bond acceptors (Lipinski definition) is 3. The van der Waals surface area contributed by atoms with E-state index in [0.717, 1.165) is 5.56 Å². The highest BCUT2D eigenvalue weighted by atomic mass is 79.9. The minimum atomic E-state index is 0.461. The van der Waals surface area contributed by atoms with E-state index in [9.17, 15) is 0 Å². The summed E-state index contributed by atoms with van der Waals surface area (Å²) in [5.41, 5.74) is 0.726. The van der Waals surface area contributed by atoms with Crippen LogP contribution in [0.4, 0.5) is 0 Å². The second-order valence-corrected chi connectivity index (χ2v) is 2.51. The van der Waals surface area contributed by atoms with Gasteiger partial charge in [-0.2, -0.15) is 0 Å². The molecule has 0 aliphatic rings. The van der Waals surface area contributed by atoms with Gasteiger partial charge in [-0.3, -0.25) is 0 Å². The van der Waals surface area contributed by atoms with Crippen LogP contribution in [0.5, 0.6) is 5.88 Å². The van der Waals surface area contributed by atoms with E-state index in [1.165, 1.54) is 7.11 Å². The highest BCUT2D eigenvalue weighted by Gasteiger charge is 1.99. The number of aromatic nitrogens is 2. The fourth-order valence-corrected chi connectivity index (χ4v) is 0.919. The van der Waals surface area contributed by atoms with Crippen molar-refractivity contribution in [1.29, 1.82) is 0 Å². The van der Waals surface area contributed by atoms with Crippen LogP contribution in [0, 0.1) is 6.92 Å². The molecule has 1 heterocycles. The van der Waals surface area contributed by atoms with Gasteiger partial charge in [0.25, 0.3) is 0 Å². The van der Waals surface area contributed by atoms with Crippen molar-refractivity contribution in [3.8, 4) is 5.88 Å². The number of ether oxygens (including phenoxy) is 1. The normalized spacial score (nSPS) is 9.50. The second-order valence-electron chi connectivity index (χ2n) is 1.70. The van der Waals surface area contributed by atoms with Gasteiger partial charge in [0.05, 0.1) is 7.11 Å². The van der Waals surface area contributed by atoms with Gasteiger partial charge in [-0.15, -0.1) is 10.2 Å². The van der Waals surface area contributed by atoms with Gasteiger partial charge in [-0.1, -0.05) is 0 Å². The first-order valence-corrected chi connectivity index (χ1v) is 3.42. The fraction of sp³-hybridized carbons (Fsp3) is 0.167. The van der Waals surface area contributed by atoms with Gasteiger partial charge in [0.2, 0.25) is 5.88 Å². The van der Waals surface area contributed by atoms with Crippen LogP contribution in [0.25, 0.3) is 0 Å². The molecule has 1 aromatic heterocycles. The Kier molecular flexibility index (Phi) is 2.21. The van der Waals surface area contributed by atoms with Gasteiger partial charge in [0.15, 0.2) is 0 Å². The first kappa shape index (κ1) is 7.47. The average Bonchev–Trinajstić information content (AvgIpc) is 1.88. The smallest absolute Gasteiger partial charge is 0.236 e. The van der Waals surface area contributed by atoms with Crippen LogP contribution in [-0.2, 0) is 0 Å². The quantitative estimate of drug-likeness (QED) is 0.690. The minimum absolute atomic E-state index is 0.461. The molecule has 53 valence electrons.